The molecule has 0 saturated carbocycles. The van der Waals surface area contributed by atoms with Crippen molar-refractivity contribution in [2.45, 2.75) is 20.4 Å². The third-order valence-corrected chi connectivity index (χ3v) is 4.15. The van der Waals surface area contributed by atoms with Crippen LogP contribution in [0.5, 0.6) is 0 Å². The number of nitrogens with zero attached hydrogens (tertiary/aromatic N) is 3. The van der Waals surface area contributed by atoms with Gasteiger partial charge in [-0.2, -0.15) is 0 Å². The molecule has 2 saturated heterocycles. The molecule has 3 rings (SSSR count). The molecule has 0 radical (unpaired) electrons. The maximum absolute atomic E-state index is 12.5. The van der Waals surface area contributed by atoms with Gasteiger partial charge in [0.05, 0.1) is 0 Å². The first kappa shape index (κ1) is 12.7. The van der Waals surface area contributed by atoms with Crippen LogP contribution in [0.15, 0.2) is 17.2 Å². The first-order valence-corrected chi connectivity index (χ1v) is 7.16. The summed E-state index contributed by atoms with van der Waals surface area (Å²) in [6.45, 7) is 9.09. The van der Waals surface area contributed by atoms with Crippen LogP contribution >= 0.6 is 0 Å². The van der Waals surface area contributed by atoms with Gasteiger partial charge in [0, 0.05) is 45.1 Å². The molecular formula is C14H22N4O. The number of anilines is 1. The summed E-state index contributed by atoms with van der Waals surface area (Å²) < 4.78 is 1.79. The van der Waals surface area contributed by atoms with Gasteiger partial charge in [-0.3, -0.25) is 4.79 Å². The molecule has 2 aliphatic rings. The molecule has 1 N–H and O–H groups in total. The molecule has 0 bridgehead atoms. The molecule has 2 unspecified atom stereocenters. The van der Waals surface area contributed by atoms with Crippen LogP contribution in [-0.4, -0.2) is 35.7 Å². The molecule has 2 aliphatic heterocycles. The first-order chi connectivity index (χ1) is 9.15. The van der Waals surface area contributed by atoms with Gasteiger partial charge in [0.25, 0.3) is 5.56 Å². The van der Waals surface area contributed by atoms with Crippen molar-refractivity contribution >= 4 is 5.82 Å². The first-order valence-electron chi connectivity index (χ1n) is 7.16. The van der Waals surface area contributed by atoms with Crippen LogP contribution in [-0.2, 0) is 6.54 Å². The minimum atomic E-state index is 0.0594. The third-order valence-electron chi connectivity index (χ3n) is 4.15. The SMILES string of the molecule is CC(C)Cn1ccnc(N2CC3CNCC3C2)c1=O. The van der Waals surface area contributed by atoms with Gasteiger partial charge in [0.1, 0.15) is 0 Å². The van der Waals surface area contributed by atoms with E-state index < -0.39 is 0 Å². The third kappa shape index (κ3) is 2.39. The number of rotatable bonds is 3. The highest BCUT2D eigenvalue weighted by molar-refractivity contribution is 5.38. The molecule has 5 nitrogen and oxygen atoms in total. The minimum Gasteiger partial charge on any atom is -0.351 e. The van der Waals surface area contributed by atoms with Gasteiger partial charge in [-0.05, 0) is 17.8 Å². The Morgan fingerprint density at radius 1 is 1.37 bits per heavy atom. The fourth-order valence-corrected chi connectivity index (χ4v) is 3.22. The summed E-state index contributed by atoms with van der Waals surface area (Å²) in [5.41, 5.74) is 0.0594. The van der Waals surface area contributed by atoms with Crippen LogP contribution in [0.3, 0.4) is 0 Å². The van der Waals surface area contributed by atoms with E-state index >= 15 is 0 Å². The lowest BCUT2D eigenvalue weighted by atomic mass is 10.0. The Morgan fingerprint density at radius 3 is 2.68 bits per heavy atom. The maximum Gasteiger partial charge on any atom is 0.293 e. The number of nitrogens with one attached hydrogen (secondary N) is 1. The van der Waals surface area contributed by atoms with Gasteiger partial charge in [0.2, 0.25) is 0 Å². The zero-order valence-corrected chi connectivity index (χ0v) is 11.7. The summed E-state index contributed by atoms with van der Waals surface area (Å²) in [7, 11) is 0. The molecule has 1 aromatic rings. The summed E-state index contributed by atoms with van der Waals surface area (Å²) in [6.07, 6.45) is 3.55. The zero-order valence-electron chi connectivity index (χ0n) is 11.7. The van der Waals surface area contributed by atoms with Crippen molar-refractivity contribution in [2.75, 3.05) is 31.1 Å². The Morgan fingerprint density at radius 2 is 2.05 bits per heavy atom. The fraction of sp³-hybridized carbons (Fsp3) is 0.714. The van der Waals surface area contributed by atoms with Crippen molar-refractivity contribution in [3.63, 3.8) is 0 Å². The molecule has 0 aliphatic carbocycles. The number of fused-ring (bicyclic) bond motifs is 1. The summed E-state index contributed by atoms with van der Waals surface area (Å²) in [4.78, 5) is 19.0. The van der Waals surface area contributed by atoms with E-state index in [2.05, 4.69) is 29.0 Å². The summed E-state index contributed by atoms with van der Waals surface area (Å²) >= 11 is 0. The van der Waals surface area contributed by atoms with E-state index in [1.807, 2.05) is 0 Å². The monoisotopic (exact) mass is 262 g/mol. The van der Waals surface area contributed by atoms with Gasteiger partial charge in [0.15, 0.2) is 5.82 Å². The molecule has 104 valence electrons. The Bertz CT molecular complexity index is 498. The standard InChI is InChI=1S/C14H22N4O/c1-10(2)7-17-4-3-16-13(14(17)19)18-8-11-5-15-6-12(11)9-18/h3-4,10-12,15H,5-9H2,1-2H3. The van der Waals surface area contributed by atoms with Gasteiger partial charge < -0.3 is 14.8 Å². The Labute approximate surface area is 113 Å². The van der Waals surface area contributed by atoms with Crippen molar-refractivity contribution in [1.29, 1.82) is 0 Å². The van der Waals surface area contributed by atoms with Crippen LogP contribution in [0.2, 0.25) is 0 Å². The molecule has 0 spiro atoms. The molecule has 0 aromatic carbocycles. The predicted molar refractivity (Wildman–Crippen MR) is 75.4 cm³/mol. The molecule has 0 amide bonds. The van der Waals surface area contributed by atoms with Crippen LogP contribution in [0.4, 0.5) is 5.82 Å². The summed E-state index contributed by atoms with van der Waals surface area (Å²) in [5.74, 6) is 2.47. The van der Waals surface area contributed by atoms with Crippen molar-refractivity contribution < 1.29 is 0 Å². The van der Waals surface area contributed by atoms with Crippen molar-refractivity contribution in [2.24, 2.45) is 17.8 Å². The van der Waals surface area contributed by atoms with Crippen LogP contribution in [0.1, 0.15) is 13.8 Å². The summed E-state index contributed by atoms with van der Waals surface area (Å²) in [5, 5.41) is 3.42. The van der Waals surface area contributed by atoms with Crippen molar-refractivity contribution in [3.8, 4) is 0 Å². The molecule has 2 atom stereocenters. The average molecular weight is 262 g/mol. The van der Waals surface area contributed by atoms with E-state index in [-0.39, 0.29) is 5.56 Å². The fourth-order valence-electron chi connectivity index (χ4n) is 3.22. The molecule has 5 heteroatoms. The molecular weight excluding hydrogens is 240 g/mol. The normalized spacial score (nSPS) is 26.2. The molecule has 3 heterocycles. The van der Waals surface area contributed by atoms with E-state index in [0.717, 1.165) is 32.7 Å². The highest BCUT2D eigenvalue weighted by atomic mass is 16.1. The Balaban J connectivity index is 1.83. The van der Waals surface area contributed by atoms with E-state index in [9.17, 15) is 4.79 Å². The van der Waals surface area contributed by atoms with Gasteiger partial charge in [-0.1, -0.05) is 13.8 Å². The van der Waals surface area contributed by atoms with Gasteiger partial charge in [-0.15, -0.1) is 0 Å². The van der Waals surface area contributed by atoms with Crippen LogP contribution < -0.4 is 15.8 Å². The maximum atomic E-state index is 12.5. The topological polar surface area (TPSA) is 50.2 Å². The zero-order chi connectivity index (χ0) is 13.4. The Hall–Kier alpha value is -1.36. The molecule has 19 heavy (non-hydrogen) atoms. The van der Waals surface area contributed by atoms with Gasteiger partial charge >= 0.3 is 0 Å². The van der Waals surface area contributed by atoms with Crippen molar-refractivity contribution in [1.82, 2.24) is 14.9 Å². The van der Waals surface area contributed by atoms with E-state index in [1.54, 1.807) is 17.0 Å². The van der Waals surface area contributed by atoms with Crippen LogP contribution in [0, 0.1) is 17.8 Å². The lowest BCUT2D eigenvalue weighted by Crippen LogP contribution is -2.34. The van der Waals surface area contributed by atoms with Gasteiger partial charge in [-0.25, -0.2) is 4.98 Å². The second-order valence-corrected chi connectivity index (χ2v) is 6.19. The Kier molecular flexibility index (Phi) is 3.31. The predicted octanol–water partition coefficient (Wildman–Crippen LogP) is 0.555. The smallest absolute Gasteiger partial charge is 0.293 e. The molecule has 1 aromatic heterocycles. The lowest BCUT2D eigenvalue weighted by molar-refractivity contribution is 0.508. The highest BCUT2D eigenvalue weighted by Gasteiger charge is 2.37. The van der Waals surface area contributed by atoms with E-state index in [0.29, 0.717) is 23.6 Å². The number of hydrogen-bond donors (Lipinski definition) is 1. The van der Waals surface area contributed by atoms with E-state index in [4.69, 9.17) is 0 Å². The minimum absolute atomic E-state index is 0.0594. The summed E-state index contributed by atoms with van der Waals surface area (Å²) in [6, 6.07) is 0. The number of hydrogen-bond acceptors (Lipinski definition) is 4. The quantitative estimate of drug-likeness (QED) is 0.864. The second kappa shape index (κ2) is 4.96. The average Bonchev–Trinajstić information content (AvgIpc) is 2.91. The van der Waals surface area contributed by atoms with Crippen molar-refractivity contribution in [3.05, 3.63) is 22.7 Å². The van der Waals surface area contributed by atoms with E-state index in [1.165, 1.54) is 0 Å². The highest BCUT2D eigenvalue weighted by Crippen LogP contribution is 2.27. The largest absolute Gasteiger partial charge is 0.351 e. The second-order valence-electron chi connectivity index (χ2n) is 6.19. The number of aromatic nitrogens is 2. The van der Waals surface area contributed by atoms with Crippen LogP contribution in [0.25, 0.3) is 0 Å². The lowest BCUT2D eigenvalue weighted by Gasteiger charge is -2.19. The molecule has 2 fully saturated rings.